The van der Waals surface area contributed by atoms with Gasteiger partial charge in [0.15, 0.2) is 0 Å². The fraction of sp³-hybridized carbons (Fsp3) is 0.267. The lowest BCUT2D eigenvalue weighted by atomic mass is 10.2. The van der Waals surface area contributed by atoms with Crippen LogP contribution in [0.1, 0.15) is 23.2 Å². The number of rotatable bonds is 4. The van der Waals surface area contributed by atoms with Crippen molar-refractivity contribution in [3.8, 4) is 0 Å². The van der Waals surface area contributed by atoms with E-state index in [0.717, 1.165) is 17.1 Å². The first kappa shape index (κ1) is 17.0. The smallest absolute Gasteiger partial charge is 0.267 e. The van der Waals surface area contributed by atoms with Gasteiger partial charge >= 0.3 is 6.18 Å². The maximum Gasteiger partial charge on any atom is 0.416 e. The molecule has 0 bridgehead atoms. The summed E-state index contributed by atoms with van der Waals surface area (Å²) in [6.07, 6.45) is -3.66. The molecular weight excluding hydrogens is 359 g/mol. The Morgan fingerprint density at radius 3 is 2.79 bits per heavy atom. The van der Waals surface area contributed by atoms with Gasteiger partial charge in [-0.1, -0.05) is 24.3 Å². The largest absolute Gasteiger partial charge is 0.416 e. The number of halogens is 3. The molecule has 126 valence electrons. The summed E-state index contributed by atoms with van der Waals surface area (Å²) in [4.78, 5) is 17.4. The SMILES string of the molecule is CCc1nn2c(=O)cc(CSc3cccc(C(F)(F)F)c3)nc2s1. The van der Waals surface area contributed by atoms with Crippen molar-refractivity contribution < 1.29 is 13.2 Å². The van der Waals surface area contributed by atoms with Crippen molar-refractivity contribution in [3.63, 3.8) is 0 Å². The molecule has 0 amide bonds. The topological polar surface area (TPSA) is 47.3 Å². The van der Waals surface area contributed by atoms with E-state index in [1.54, 1.807) is 6.07 Å². The zero-order valence-electron chi connectivity index (χ0n) is 12.5. The summed E-state index contributed by atoms with van der Waals surface area (Å²) in [5.74, 6) is 0.312. The molecule has 3 aromatic rings. The summed E-state index contributed by atoms with van der Waals surface area (Å²) in [6.45, 7) is 1.94. The molecule has 1 aromatic carbocycles. The molecule has 9 heteroatoms. The molecule has 0 spiro atoms. The molecule has 0 aliphatic heterocycles. The van der Waals surface area contributed by atoms with Crippen LogP contribution in [-0.2, 0) is 18.3 Å². The molecule has 3 rings (SSSR count). The van der Waals surface area contributed by atoms with Crippen LogP contribution in [0.5, 0.6) is 0 Å². The van der Waals surface area contributed by atoms with Gasteiger partial charge in [-0.05, 0) is 24.6 Å². The summed E-state index contributed by atoms with van der Waals surface area (Å²) >= 11 is 2.54. The molecule has 0 saturated heterocycles. The molecule has 0 fully saturated rings. The van der Waals surface area contributed by atoms with Crippen molar-refractivity contribution in [3.05, 3.63) is 57.0 Å². The highest BCUT2D eigenvalue weighted by Crippen LogP contribution is 2.32. The minimum atomic E-state index is -4.37. The Bertz CT molecular complexity index is 934. The molecule has 2 heterocycles. The molecule has 0 unspecified atom stereocenters. The Labute approximate surface area is 143 Å². The van der Waals surface area contributed by atoms with Crippen LogP contribution in [0.3, 0.4) is 0 Å². The Morgan fingerprint density at radius 1 is 1.29 bits per heavy atom. The molecule has 2 aromatic heterocycles. The van der Waals surface area contributed by atoms with Crippen LogP contribution in [0.25, 0.3) is 4.96 Å². The predicted molar refractivity (Wildman–Crippen MR) is 87.5 cm³/mol. The minimum Gasteiger partial charge on any atom is -0.267 e. The van der Waals surface area contributed by atoms with Gasteiger partial charge in [-0.25, -0.2) is 4.98 Å². The van der Waals surface area contributed by atoms with Crippen molar-refractivity contribution in [2.45, 2.75) is 30.2 Å². The first-order valence-electron chi connectivity index (χ1n) is 7.05. The Morgan fingerprint density at radius 2 is 2.08 bits per heavy atom. The predicted octanol–water partition coefficient (Wildman–Crippen LogP) is 4.02. The summed E-state index contributed by atoms with van der Waals surface area (Å²) in [7, 11) is 0. The maximum atomic E-state index is 12.7. The highest BCUT2D eigenvalue weighted by molar-refractivity contribution is 7.98. The molecular formula is C15H12F3N3OS2. The first-order chi connectivity index (χ1) is 11.4. The van der Waals surface area contributed by atoms with Gasteiger partial charge < -0.3 is 0 Å². The molecule has 4 nitrogen and oxygen atoms in total. The zero-order chi connectivity index (χ0) is 17.3. The van der Waals surface area contributed by atoms with E-state index >= 15 is 0 Å². The van der Waals surface area contributed by atoms with E-state index in [4.69, 9.17) is 0 Å². The van der Waals surface area contributed by atoms with Gasteiger partial charge in [0, 0.05) is 16.7 Å². The third-order valence-electron chi connectivity index (χ3n) is 3.19. The molecule has 24 heavy (non-hydrogen) atoms. The van der Waals surface area contributed by atoms with E-state index in [9.17, 15) is 18.0 Å². The van der Waals surface area contributed by atoms with Crippen LogP contribution in [-0.4, -0.2) is 14.6 Å². The molecule has 0 radical (unpaired) electrons. The number of benzene rings is 1. The maximum absolute atomic E-state index is 12.7. The van der Waals surface area contributed by atoms with E-state index in [0.29, 0.717) is 27.7 Å². The fourth-order valence-corrected chi connectivity index (χ4v) is 3.74. The fourth-order valence-electron chi connectivity index (χ4n) is 2.03. The lowest BCUT2D eigenvalue weighted by Gasteiger charge is -2.08. The van der Waals surface area contributed by atoms with E-state index in [1.807, 2.05) is 6.92 Å². The second kappa shape index (κ2) is 6.56. The molecule has 0 saturated carbocycles. The van der Waals surface area contributed by atoms with Crippen LogP contribution < -0.4 is 5.56 Å². The van der Waals surface area contributed by atoms with Crippen molar-refractivity contribution >= 4 is 28.1 Å². The average molecular weight is 371 g/mol. The van der Waals surface area contributed by atoms with Crippen LogP contribution in [0.4, 0.5) is 13.2 Å². The third-order valence-corrected chi connectivity index (χ3v) is 5.27. The van der Waals surface area contributed by atoms with Crippen molar-refractivity contribution in [1.82, 2.24) is 14.6 Å². The van der Waals surface area contributed by atoms with Crippen LogP contribution >= 0.6 is 23.1 Å². The Hall–Kier alpha value is -1.87. The van der Waals surface area contributed by atoms with Gasteiger partial charge in [0.25, 0.3) is 5.56 Å². The van der Waals surface area contributed by atoms with Gasteiger partial charge in [-0.15, -0.1) is 11.8 Å². The van der Waals surface area contributed by atoms with E-state index < -0.39 is 11.7 Å². The quantitative estimate of drug-likeness (QED) is 0.650. The number of aromatic nitrogens is 3. The van der Waals surface area contributed by atoms with Gasteiger partial charge in [-0.3, -0.25) is 4.79 Å². The van der Waals surface area contributed by atoms with Gasteiger partial charge in [-0.2, -0.15) is 22.8 Å². The summed E-state index contributed by atoms with van der Waals surface area (Å²) < 4.78 is 39.4. The number of thioether (sulfide) groups is 1. The van der Waals surface area contributed by atoms with Crippen LogP contribution in [0.2, 0.25) is 0 Å². The van der Waals surface area contributed by atoms with E-state index in [-0.39, 0.29) is 5.56 Å². The highest BCUT2D eigenvalue weighted by Gasteiger charge is 2.30. The molecule has 0 N–H and O–H groups in total. The van der Waals surface area contributed by atoms with E-state index in [1.165, 1.54) is 39.7 Å². The summed E-state index contributed by atoms with van der Waals surface area (Å²) in [5, 5.41) is 4.96. The number of nitrogens with zero attached hydrogens (tertiary/aromatic N) is 3. The summed E-state index contributed by atoms with van der Waals surface area (Å²) in [5.41, 5.74) is -0.449. The van der Waals surface area contributed by atoms with Gasteiger partial charge in [0.05, 0.1) is 11.3 Å². The van der Waals surface area contributed by atoms with Crippen molar-refractivity contribution in [2.75, 3.05) is 0 Å². The number of aryl methyl sites for hydroxylation is 1. The van der Waals surface area contributed by atoms with Crippen molar-refractivity contribution in [1.29, 1.82) is 0 Å². The minimum absolute atomic E-state index is 0.282. The number of fused-ring (bicyclic) bond motifs is 1. The van der Waals surface area contributed by atoms with Gasteiger partial charge in [0.2, 0.25) is 4.96 Å². The number of hydrogen-bond donors (Lipinski definition) is 0. The molecule has 0 atom stereocenters. The molecule has 0 aliphatic rings. The lowest BCUT2D eigenvalue weighted by Crippen LogP contribution is -2.15. The van der Waals surface area contributed by atoms with Crippen LogP contribution in [0.15, 0.2) is 40.0 Å². The number of alkyl halides is 3. The Balaban J connectivity index is 1.82. The second-order valence-electron chi connectivity index (χ2n) is 4.94. The average Bonchev–Trinajstić information content (AvgIpc) is 2.96. The first-order valence-corrected chi connectivity index (χ1v) is 8.86. The number of hydrogen-bond acceptors (Lipinski definition) is 5. The normalized spacial score (nSPS) is 12.0. The monoisotopic (exact) mass is 371 g/mol. The summed E-state index contributed by atoms with van der Waals surface area (Å²) in [6, 6.07) is 6.47. The van der Waals surface area contributed by atoms with Crippen LogP contribution in [0, 0.1) is 0 Å². The third kappa shape index (κ3) is 3.62. The standard InChI is InChI=1S/C15H12F3N3OS2/c1-2-12-20-21-13(22)7-10(19-14(21)24-12)8-23-11-5-3-4-9(6-11)15(16,17)18/h3-7H,2,8H2,1H3. The second-order valence-corrected chi connectivity index (χ2v) is 7.03. The highest BCUT2D eigenvalue weighted by atomic mass is 32.2. The molecule has 0 aliphatic carbocycles. The lowest BCUT2D eigenvalue weighted by molar-refractivity contribution is -0.137. The van der Waals surface area contributed by atoms with Gasteiger partial charge in [0.1, 0.15) is 5.01 Å². The Kier molecular flexibility index (Phi) is 4.64. The van der Waals surface area contributed by atoms with E-state index in [2.05, 4.69) is 10.1 Å². The van der Waals surface area contributed by atoms with Crippen molar-refractivity contribution in [2.24, 2.45) is 0 Å². The zero-order valence-corrected chi connectivity index (χ0v) is 14.1.